The summed E-state index contributed by atoms with van der Waals surface area (Å²) in [4.78, 5) is 70.1. The molecule has 1 unspecified atom stereocenters. The van der Waals surface area contributed by atoms with E-state index in [0.717, 1.165) is 12.0 Å². The van der Waals surface area contributed by atoms with E-state index in [-0.39, 0.29) is 41.7 Å². The number of benzene rings is 1. The molecule has 13 nitrogen and oxygen atoms in total. The predicted octanol–water partition coefficient (Wildman–Crippen LogP) is 4.39. The molecule has 5 amide bonds. The Morgan fingerprint density at radius 1 is 0.982 bits per heavy atom. The minimum atomic E-state index is -3.92. The third-order valence-corrected chi connectivity index (χ3v) is 13.5. The molecular weight excluding hydrogens is 721 g/mol. The number of hydrogen-bond donors (Lipinski definition) is 4. The quantitative estimate of drug-likeness (QED) is 0.142. The molecule has 55 heavy (non-hydrogen) atoms. The Hall–Kier alpha value is -3.78. The smallest absolute Gasteiger partial charge is 0.315 e. The van der Waals surface area contributed by atoms with Gasteiger partial charge in [-0.2, -0.15) is 4.31 Å². The highest BCUT2D eigenvalue weighted by molar-refractivity contribution is 7.89. The maximum absolute atomic E-state index is 14.5. The monoisotopic (exact) mass is 786 g/mol. The number of nitrogens with one attached hydrogen (secondary N) is 4. The minimum Gasteiger partial charge on any atom is -0.346 e. The van der Waals surface area contributed by atoms with Crippen LogP contribution in [0.15, 0.2) is 29.7 Å². The van der Waals surface area contributed by atoms with Crippen molar-refractivity contribution in [2.24, 2.45) is 28.1 Å². The highest BCUT2D eigenvalue weighted by Gasteiger charge is 2.70. The second-order valence-electron chi connectivity index (χ2n) is 18.3. The molecule has 6 atom stereocenters. The van der Waals surface area contributed by atoms with Crippen molar-refractivity contribution in [2.45, 2.75) is 131 Å². The van der Waals surface area contributed by atoms with Crippen molar-refractivity contribution in [1.82, 2.24) is 30.5 Å². The molecule has 2 fully saturated rings. The molecule has 0 aromatic heterocycles. The fourth-order valence-corrected chi connectivity index (χ4v) is 9.51. The van der Waals surface area contributed by atoms with Crippen LogP contribution in [0.1, 0.15) is 98.3 Å². The van der Waals surface area contributed by atoms with Gasteiger partial charge in [-0.3, -0.25) is 19.2 Å². The highest BCUT2D eigenvalue weighted by atomic mass is 32.2. The first-order chi connectivity index (χ1) is 25.2. The van der Waals surface area contributed by atoms with Crippen LogP contribution in [0.2, 0.25) is 0 Å². The zero-order valence-corrected chi connectivity index (χ0v) is 36.1. The number of rotatable bonds is 16. The third-order valence-electron chi connectivity index (χ3n) is 11.3. The summed E-state index contributed by atoms with van der Waals surface area (Å²) in [7, 11) is -2.42. The second kappa shape index (κ2) is 17.2. The average Bonchev–Trinajstić information content (AvgIpc) is 3.35. The summed E-state index contributed by atoms with van der Waals surface area (Å²) in [5.74, 6) is -2.66. The van der Waals surface area contributed by atoms with Crippen LogP contribution in [0.3, 0.4) is 0 Å². The van der Waals surface area contributed by atoms with Crippen molar-refractivity contribution in [3.05, 3.63) is 41.5 Å². The zero-order chi connectivity index (χ0) is 42.0. The lowest BCUT2D eigenvalue weighted by Gasteiger charge is -2.39. The van der Waals surface area contributed by atoms with E-state index in [1.54, 1.807) is 13.8 Å². The van der Waals surface area contributed by atoms with E-state index in [2.05, 4.69) is 27.8 Å². The summed E-state index contributed by atoms with van der Waals surface area (Å²) in [6.45, 7) is 26.6. The Labute approximate surface area is 329 Å². The number of unbranched alkanes of at least 4 members (excludes halogenated alkanes) is 1. The fourth-order valence-electron chi connectivity index (χ4n) is 7.92. The normalized spacial score (nSPS) is 20.8. The molecule has 1 aromatic carbocycles. The van der Waals surface area contributed by atoms with Gasteiger partial charge in [0.05, 0.1) is 10.9 Å². The van der Waals surface area contributed by atoms with Gasteiger partial charge in [-0.15, -0.1) is 6.58 Å². The number of piperidine rings is 1. The number of aryl methyl sites for hydroxylation is 3. The SMILES string of the molecule is C=CCNC(=O)C(=O)C(CCCC)NC(=O)[C@@H]1[C@@H]2[C@H](CN1C(=O)[C@@H](NC(=O)N[C@H](CN(C)S(=O)(=O)c1c(C)cc(C)cc1C)C(C)(C)C)C(C)(C)C)C2(C)C. The third kappa shape index (κ3) is 10.3. The number of urea groups is 1. The maximum atomic E-state index is 14.5. The number of amides is 5. The Balaban J connectivity index is 1.86. The predicted molar refractivity (Wildman–Crippen MR) is 215 cm³/mol. The molecule has 2 aliphatic rings. The number of carbonyl (C=O) groups is 5. The highest BCUT2D eigenvalue weighted by Crippen LogP contribution is 2.65. The standard InChI is InChI=1S/C41H66N6O7S/c1-15-17-18-28(32(48)36(50)42-19-16-2)43-35(49)31-30-27(41(30,12)13)22-47(31)37(51)34(40(9,10)11)45-38(52)44-29(39(6,7)8)23-46(14)55(53,54)33-25(4)20-24(3)21-26(33)5/h16,20-21,27-31,34H,2,15,17-19,22-23H2,1,3-14H3,(H,42,50)(H,43,49)(H2,44,45,52)/t27-,28?,29+,30-,31-,34+/m0/s1. The lowest BCUT2D eigenvalue weighted by atomic mass is 9.85. The van der Waals surface area contributed by atoms with Crippen LogP contribution < -0.4 is 21.3 Å². The number of nitrogens with zero attached hydrogens (tertiary/aromatic N) is 2. The van der Waals surface area contributed by atoms with E-state index in [9.17, 15) is 32.4 Å². The van der Waals surface area contributed by atoms with Crippen LogP contribution in [-0.2, 0) is 29.2 Å². The summed E-state index contributed by atoms with van der Waals surface area (Å²) < 4.78 is 28.9. The number of hydrogen-bond acceptors (Lipinski definition) is 7. The largest absolute Gasteiger partial charge is 0.346 e. The number of carbonyl (C=O) groups excluding carboxylic acids is 5. The molecule has 1 saturated heterocycles. The van der Waals surface area contributed by atoms with Crippen LogP contribution in [-0.4, -0.2) is 98.0 Å². The maximum Gasteiger partial charge on any atom is 0.315 e. The van der Waals surface area contributed by atoms with Crippen molar-refractivity contribution in [3.63, 3.8) is 0 Å². The molecule has 1 saturated carbocycles. The van der Waals surface area contributed by atoms with Crippen LogP contribution in [0.4, 0.5) is 4.79 Å². The number of likely N-dealkylation sites (N-methyl/N-ethyl adjacent to an activating group) is 1. The Kier molecular flexibility index (Phi) is 14.2. The van der Waals surface area contributed by atoms with Crippen molar-refractivity contribution < 1.29 is 32.4 Å². The van der Waals surface area contributed by atoms with Gasteiger partial charge < -0.3 is 26.2 Å². The molecular formula is C41H66N6O7S. The van der Waals surface area contributed by atoms with E-state index < -0.39 is 74.6 Å². The van der Waals surface area contributed by atoms with E-state index in [4.69, 9.17) is 0 Å². The Morgan fingerprint density at radius 2 is 1.56 bits per heavy atom. The van der Waals surface area contributed by atoms with Gasteiger partial charge in [0, 0.05) is 32.7 Å². The second-order valence-corrected chi connectivity index (χ2v) is 20.3. The van der Waals surface area contributed by atoms with Crippen molar-refractivity contribution in [1.29, 1.82) is 0 Å². The summed E-state index contributed by atoms with van der Waals surface area (Å²) in [5.41, 5.74) is 0.633. The Morgan fingerprint density at radius 3 is 2.07 bits per heavy atom. The van der Waals surface area contributed by atoms with Gasteiger partial charge in [0.2, 0.25) is 27.6 Å². The molecule has 1 heterocycles. The van der Waals surface area contributed by atoms with Crippen LogP contribution >= 0.6 is 0 Å². The molecule has 1 aliphatic heterocycles. The van der Waals surface area contributed by atoms with Gasteiger partial charge in [0.25, 0.3) is 5.91 Å². The molecule has 1 aromatic rings. The first kappa shape index (κ1) is 45.6. The van der Waals surface area contributed by atoms with Gasteiger partial charge >= 0.3 is 6.03 Å². The topological polar surface area (TPSA) is 174 Å². The first-order valence-electron chi connectivity index (χ1n) is 19.4. The lowest BCUT2D eigenvalue weighted by Crippen LogP contribution is -2.62. The molecule has 1 aliphatic carbocycles. The van der Waals surface area contributed by atoms with Crippen LogP contribution in [0, 0.1) is 48.9 Å². The van der Waals surface area contributed by atoms with Crippen molar-refractivity contribution in [2.75, 3.05) is 26.7 Å². The van der Waals surface area contributed by atoms with Gasteiger partial charge in [-0.05, 0) is 66.4 Å². The lowest BCUT2D eigenvalue weighted by molar-refractivity contribution is -0.145. The first-order valence-corrected chi connectivity index (χ1v) is 20.8. The van der Waals surface area contributed by atoms with E-state index in [0.29, 0.717) is 24.1 Å². The number of likely N-dealkylation sites (tertiary alicyclic amines) is 1. The van der Waals surface area contributed by atoms with Crippen molar-refractivity contribution >= 4 is 39.6 Å². The summed E-state index contributed by atoms with van der Waals surface area (Å²) in [6.07, 6.45) is 3.07. The minimum absolute atomic E-state index is 0.0313. The zero-order valence-electron chi connectivity index (χ0n) is 35.3. The molecule has 0 spiro atoms. The van der Waals surface area contributed by atoms with Crippen molar-refractivity contribution in [3.8, 4) is 0 Å². The fraction of sp³-hybridized carbons (Fsp3) is 0.683. The van der Waals surface area contributed by atoms with Gasteiger partial charge in [-0.25, -0.2) is 13.2 Å². The van der Waals surface area contributed by atoms with E-state index >= 15 is 0 Å². The summed E-state index contributed by atoms with van der Waals surface area (Å²) >= 11 is 0. The van der Waals surface area contributed by atoms with E-state index in [1.807, 2.05) is 81.4 Å². The average molecular weight is 787 g/mol. The van der Waals surface area contributed by atoms with Gasteiger partial charge in [0.1, 0.15) is 12.1 Å². The summed E-state index contributed by atoms with van der Waals surface area (Å²) in [6, 6.07) is -0.684. The molecule has 3 rings (SSSR count). The number of fused-ring (bicyclic) bond motifs is 1. The van der Waals surface area contributed by atoms with Gasteiger partial charge in [0.15, 0.2) is 0 Å². The number of ketones is 1. The Bertz CT molecular complexity index is 1740. The number of sulfonamides is 1. The molecule has 4 N–H and O–H groups in total. The van der Waals surface area contributed by atoms with Gasteiger partial charge in [-0.1, -0.05) is 98.9 Å². The molecule has 0 radical (unpaired) electrons. The van der Waals surface area contributed by atoms with Crippen LogP contribution in [0.5, 0.6) is 0 Å². The van der Waals surface area contributed by atoms with Crippen LogP contribution in [0.25, 0.3) is 0 Å². The molecule has 308 valence electrons. The molecule has 0 bridgehead atoms. The van der Waals surface area contributed by atoms with E-state index in [1.165, 1.54) is 22.3 Å². The molecule has 14 heteroatoms. The number of Topliss-reactive ketones (excluding diaryl/α,β-unsaturated/α-hetero) is 1. The summed E-state index contributed by atoms with van der Waals surface area (Å²) in [5, 5.41) is 11.1.